The Hall–Kier alpha value is 0.192. The van der Waals surface area contributed by atoms with Crippen molar-refractivity contribution in [1.82, 2.24) is 0 Å². The summed E-state index contributed by atoms with van der Waals surface area (Å²) in [5.41, 5.74) is 1.35. The van der Waals surface area contributed by atoms with E-state index in [1.165, 1.54) is 5.57 Å². The van der Waals surface area contributed by atoms with E-state index in [1.807, 2.05) is 4.99 Å². The molecule has 0 fully saturated rings. The molecule has 0 amide bonds. The van der Waals surface area contributed by atoms with Crippen molar-refractivity contribution in [2.24, 2.45) is 0 Å². The van der Waals surface area contributed by atoms with E-state index in [0.717, 1.165) is 6.42 Å². The van der Waals surface area contributed by atoms with Crippen LogP contribution in [0.1, 0.15) is 13.3 Å². The molecular weight excluding hydrogens is 267 g/mol. The zero-order chi connectivity index (χ0) is 11.7. The van der Waals surface area contributed by atoms with Crippen LogP contribution in [-0.2, 0) is 4.74 Å². The van der Waals surface area contributed by atoms with Gasteiger partial charge in [-0.3, -0.25) is 0 Å². The summed E-state index contributed by atoms with van der Waals surface area (Å²) < 4.78 is 5.33. The predicted molar refractivity (Wildman–Crippen MR) is 73.9 cm³/mol. The third kappa shape index (κ3) is 9.14. The number of ether oxygens (including phenoxy) is 1. The number of allylic oxidation sites excluding steroid dienone is 2. The van der Waals surface area contributed by atoms with E-state index in [0.29, 0.717) is 0 Å². The predicted octanol–water partition coefficient (Wildman–Crippen LogP) is 4.10. The van der Waals surface area contributed by atoms with Gasteiger partial charge in [-0.2, -0.15) is 0 Å². The monoisotopic (exact) mass is 286 g/mol. The maximum Gasteiger partial charge on any atom is 0.288 e. The fourth-order valence-corrected chi connectivity index (χ4v) is 2.66. The summed E-state index contributed by atoms with van der Waals surface area (Å²) in [5, 5.41) is 0. The first-order valence-corrected chi connectivity index (χ1v) is 9.14. The van der Waals surface area contributed by atoms with Crippen molar-refractivity contribution in [3.05, 3.63) is 33.7 Å². The van der Waals surface area contributed by atoms with Crippen LogP contribution in [-0.4, -0.2) is 27.4 Å². The molecule has 0 aliphatic heterocycles. The first-order valence-electron chi connectivity index (χ1n) is 5.24. The Morgan fingerprint density at radius 2 is 2.13 bits per heavy atom. The quantitative estimate of drug-likeness (QED) is 0.528. The summed E-state index contributed by atoms with van der Waals surface area (Å²) in [5.74, 6) is 4.64. The van der Waals surface area contributed by atoms with E-state index in [-0.39, 0.29) is 6.10 Å². The minimum absolute atomic E-state index is 0.177. The molecule has 1 nitrogen and oxygen atoms in total. The molecule has 0 aromatic heterocycles. The molecule has 0 aliphatic rings. The Morgan fingerprint density at radius 3 is 2.60 bits per heavy atom. The Bertz CT molecular complexity index is 244. The van der Waals surface area contributed by atoms with Gasteiger partial charge in [0.2, 0.25) is 0 Å². The number of hydrogen-bond donors (Lipinski definition) is 0. The Morgan fingerprint density at radius 1 is 1.47 bits per heavy atom. The standard InChI is InChI=1S/C10H14BrO.2CH3.Al/c1-9(2)6-7-10(12-3)5-4-8-11;;;/h1,4,6-8,10H,5H2,2-3H3;2*1H3;/b7-6+,8-4+,9-1?;;;/t10-;;;/m1.../s1. The third-order valence-electron chi connectivity index (χ3n) is 1.93. The van der Waals surface area contributed by atoms with E-state index in [9.17, 15) is 0 Å². The van der Waals surface area contributed by atoms with E-state index >= 15 is 0 Å². The highest BCUT2D eigenvalue weighted by Crippen LogP contribution is 2.05. The Kier molecular flexibility index (Phi) is 9.54. The molecule has 0 heterocycles. The summed E-state index contributed by atoms with van der Waals surface area (Å²) in [7, 11) is 1.74. The van der Waals surface area contributed by atoms with Crippen LogP contribution in [0.4, 0.5) is 0 Å². The molecule has 3 heteroatoms. The SMILES string of the molecule is CO[C@@H](/C=C/C(C)=[CH]/[Al]([CH3])[CH3])C/C=C/Br. The molecule has 0 saturated carbocycles. The van der Waals surface area contributed by atoms with Crippen LogP contribution in [0.15, 0.2) is 33.7 Å². The summed E-state index contributed by atoms with van der Waals surface area (Å²) >= 11 is 2.66. The van der Waals surface area contributed by atoms with Gasteiger partial charge in [-0.1, -0.05) is 39.7 Å². The van der Waals surface area contributed by atoms with Crippen molar-refractivity contribution in [2.75, 3.05) is 7.11 Å². The van der Waals surface area contributed by atoms with Gasteiger partial charge in [-0.25, -0.2) is 0 Å². The van der Waals surface area contributed by atoms with E-state index in [1.54, 1.807) is 7.11 Å². The molecule has 0 saturated heterocycles. The number of rotatable bonds is 6. The van der Waals surface area contributed by atoms with Gasteiger partial charge in [0.05, 0.1) is 6.10 Å². The molecule has 0 aromatic rings. The molecule has 84 valence electrons. The van der Waals surface area contributed by atoms with Crippen LogP contribution >= 0.6 is 15.9 Å². The van der Waals surface area contributed by atoms with Crippen molar-refractivity contribution >= 4 is 30.1 Å². The zero-order valence-corrected chi connectivity index (χ0v) is 12.8. The summed E-state index contributed by atoms with van der Waals surface area (Å²) in [6, 6.07) is 0. The van der Waals surface area contributed by atoms with Gasteiger partial charge in [0.15, 0.2) is 0 Å². The lowest BCUT2D eigenvalue weighted by atomic mass is 10.2. The molecule has 0 rings (SSSR count). The van der Waals surface area contributed by atoms with Crippen LogP contribution in [0.3, 0.4) is 0 Å². The lowest BCUT2D eigenvalue weighted by Crippen LogP contribution is -2.04. The second-order valence-corrected chi connectivity index (χ2v) is 7.24. The van der Waals surface area contributed by atoms with Gasteiger partial charge in [-0.05, 0) is 18.3 Å². The Labute approximate surface area is 106 Å². The van der Waals surface area contributed by atoms with Crippen LogP contribution in [0.5, 0.6) is 0 Å². The number of hydrogen-bond acceptors (Lipinski definition) is 1. The molecule has 0 aliphatic carbocycles. The topological polar surface area (TPSA) is 9.23 Å². The first kappa shape index (κ1) is 15.2. The molecule has 0 N–H and O–H groups in total. The van der Waals surface area contributed by atoms with Crippen molar-refractivity contribution in [2.45, 2.75) is 31.0 Å². The van der Waals surface area contributed by atoms with Crippen LogP contribution < -0.4 is 0 Å². The lowest BCUT2D eigenvalue weighted by Gasteiger charge is -2.07. The lowest BCUT2D eigenvalue weighted by molar-refractivity contribution is 0.143. The molecule has 0 bridgehead atoms. The van der Waals surface area contributed by atoms with Crippen molar-refractivity contribution in [1.29, 1.82) is 0 Å². The maximum atomic E-state index is 5.33. The van der Waals surface area contributed by atoms with Crippen molar-refractivity contribution < 1.29 is 4.74 Å². The molecule has 15 heavy (non-hydrogen) atoms. The molecule has 0 aromatic carbocycles. The molecule has 1 atom stereocenters. The fourth-order valence-electron chi connectivity index (χ4n) is 1.28. The first-order chi connectivity index (χ1) is 7.10. The highest BCUT2D eigenvalue weighted by molar-refractivity contribution is 9.11. The number of halogens is 1. The van der Waals surface area contributed by atoms with Crippen LogP contribution in [0, 0.1) is 0 Å². The van der Waals surface area contributed by atoms with Crippen molar-refractivity contribution in [3.63, 3.8) is 0 Å². The molecule has 0 radical (unpaired) electrons. The van der Waals surface area contributed by atoms with E-state index < -0.39 is 14.1 Å². The van der Waals surface area contributed by atoms with Crippen LogP contribution in [0.25, 0.3) is 0 Å². The van der Waals surface area contributed by atoms with E-state index in [4.69, 9.17) is 4.74 Å². The second-order valence-electron chi connectivity index (χ2n) is 3.89. The van der Waals surface area contributed by atoms with Gasteiger partial charge in [0.25, 0.3) is 14.1 Å². The number of methoxy groups -OCH3 is 1. The van der Waals surface area contributed by atoms with Crippen molar-refractivity contribution in [3.8, 4) is 0 Å². The van der Waals surface area contributed by atoms with Crippen LogP contribution in [0.2, 0.25) is 11.6 Å². The van der Waals surface area contributed by atoms with Gasteiger partial charge in [-0.15, -0.1) is 16.5 Å². The highest BCUT2D eigenvalue weighted by Gasteiger charge is 1.99. The van der Waals surface area contributed by atoms with Gasteiger partial charge in [0, 0.05) is 7.11 Å². The highest BCUT2D eigenvalue weighted by atomic mass is 79.9. The maximum absolute atomic E-state index is 5.33. The molecular formula is C12H20AlBrO. The zero-order valence-electron chi connectivity index (χ0n) is 10.0. The third-order valence-corrected chi connectivity index (χ3v) is 3.50. The summed E-state index contributed by atoms with van der Waals surface area (Å²) in [6.07, 6.45) is 7.41. The molecule has 0 unspecified atom stereocenters. The smallest absolute Gasteiger partial charge is 0.288 e. The van der Waals surface area contributed by atoms with E-state index in [2.05, 4.69) is 57.6 Å². The summed E-state index contributed by atoms with van der Waals surface area (Å²) in [4.78, 5) is 4.25. The minimum Gasteiger partial charge on any atom is -0.377 e. The molecule has 0 spiro atoms. The average Bonchev–Trinajstić information content (AvgIpc) is 2.17. The fraction of sp³-hybridized carbons (Fsp3) is 0.500. The normalized spacial score (nSPS) is 15.1. The largest absolute Gasteiger partial charge is 0.377 e. The van der Waals surface area contributed by atoms with Gasteiger partial charge >= 0.3 is 0 Å². The second kappa shape index (κ2) is 9.42. The average molecular weight is 287 g/mol. The van der Waals surface area contributed by atoms with Gasteiger partial charge in [0.1, 0.15) is 0 Å². The minimum atomic E-state index is -0.598. The Balaban J connectivity index is 4.21. The summed E-state index contributed by atoms with van der Waals surface area (Å²) in [6.45, 7) is 2.15. The van der Waals surface area contributed by atoms with Gasteiger partial charge < -0.3 is 4.74 Å².